The Morgan fingerprint density at radius 2 is 1.81 bits per heavy atom. The second-order valence-corrected chi connectivity index (χ2v) is 5.09. The van der Waals surface area contributed by atoms with Crippen molar-refractivity contribution < 1.29 is 9.53 Å². The standard InChI is InChI=1S/C18H17NO2/c1-13(2)16-5-3-4-6-18(16)21-12-17(20)15-9-7-14(11-19)8-10-15/h3-10,13H,12H2,1-2H3. The highest BCUT2D eigenvalue weighted by Gasteiger charge is 2.10. The number of benzene rings is 2. The highest BCUT2D eigenvalue weighted by Crippen LogP contribution is 2.25. The normalized spacial score (nSPS) is 10.2. The first-order valence-corrected chi connectivity index (χ1v) is 6.87. The summed E-state index contributed by atoms with van der Waals surface area (Å²) in [6, 6.07) is 16.3. The van der Waals surface area contributed by atoms with Crippen LogP contribution in [0.4, 0.5) is 0 Å². The molecule has 0 bridgehead atoms. The van der Waals surface area contributed by atoms with E-state index >= 15 is 0 Å². The molecule has 0 aliphatic heterocycles. The smallest absolute Gasteiger partial charge is 0.200 e. The highest BCUT2D eigenvalue weighted by atomic mass is 16.5. The Morgan fingerprint density at radius 3 is 2.43 bits per heavy atom. The molecule has 0 N–H and O–H groups in total. The summed E-state index contributed by atoms with van der Waals surface area (Å²) in [5, 5.41) is 8.74. The molecule has 0 unspecified atom stereocenters. The zero-order chi connectivity index (χ0) is 15.2. The van der Waals surface area contributed by atoms with E-state index in [1.165, 1.54) is 0 Å². The van der Waals surface area contributed by atoms with Gasteiger partial charge in [0.1, 0.15) is 5.75 Å². The minimum absolute atomic E-state index is 0.00433. The van der Waals surface area contributed by atoms with Crippen LogP contribution in [0.2, 0.25) is 0 Å². The molecule has 2 aromatic carbocycles. The molecule has 0 aliphatic rings. The zero-order valence-electron chi connectivity index (χ0n) is 12.2. The minimum Gasteiger partial charge on any atom is -0.485 e. The summed E-state index contributed by atoms with van der Waals surface area (Å²) in [5.41, 5.74) is 2.18. The fourth-order valence-electron chi connectivity index (χ4n) is 2.05. The molecular weight excluding hydrogens is 262 g/mol. The number of hydrogen-bond acceptors (Lipinski definition) is 3. The molecule has 0 amide bonds. The molecule has 2 rings (SSSR count). The lowest BCUT2D eigenvalue weighted by Gasteiger charge is -2.13. The largest absolute Gasteiger partial charge is 0.485 e. The maximum atomic E-state index is 12.1. The van der Waals surface area contributed by atoms with Gasteiger partial charge in [-0.05, 0) is 41.8 Å². The van der Waals surface area contributed by atoms with Gasteiger partial charge in [-0.3, -0.25) is 4.79 Å². The van der Waals surface area contributed by atoms with Crippen LogP contribution in [0.3, 0.4) is 0 Å². The Bertz CT molecular complexity index is 666. The van der Waals surface area contributed by atoms with Crippen LogP contribution in [0.15, 0.2) is 48.5 Å². The van der Waals surface area contributed by atoms with Crippen molar-refractivity contribution in [3.05, 3.63) is 65.2 Å². The topological polar surface area (TPSA) is 50.1 Å². The first-order valence-electron chi connectivity index (χ1n) is 6.87. The van der Waals surface area contributed by atoms with Crippen LogP contribution in [0, 0.1) is 11.3 Å². The molecule has 3 nitrogen and oxygen atoms in total. The number of rotatable bonds is 5. The van der Waals surface area contributed by atoms with Gasteiger partial charge in [-0.15, -0.1) is 0 Å². The van der Waals surface area contributed by atoms with E-state index in [0.29, 0.717) is 17.0 Å². The van der Waals surface area contributed by atoms with Gasteiger partial charge in [-0.1, -0.05) is 32.0 Å². The summed E-state index contributed by atoms with van der Waals surface area (Å²) in [7, 11) is 0. The van der Waals surface area contributed by atoms with E-state index < -0.39 is 0 Å². The summed E-state index contributed by atoms with van der Waals surface area (Å²) in [6.45, 7) is 4.17. The Kier molecular flexibility index (Phi) is 4.73. The predicted octanol–water partition coefficient (Wildman–Crippen LogP) is 3.94. The second kappa shape index (κ2) is 6.71. The van der Waals surface area contributed by atoms with E-state index in [-0.39, 0.29) is 12.4 Å². The van der Waals surface area contributed by atoms with Crippen LogP contribution in [-0.4, -0.2) is 12.4 Å². The molecule has 2 aromatic rings. The fourth-order valence-corrected chi connectivity index (χ4v) is 2.05. The quantitative estimate of drug-likeness (QED) is 0.779. The Morgan fingerprint density at radius 1 is 1.14 bits per heavy atom. The molecule has 0 saturated heterocycles. The van der Waals surface area contributed by atoms with E-state index in [1.807, 2.05) is 30.3 Å². The number of hydrogen-bond donors (Lipinski definition) is 0. The van der Waals surface area contributed by atoms with Gasteiger partial charge in [0, 0.05) is 5.56 Å². The number of carbonyl (C=O) groups is 1. The van der Waals surface area contributed by atoms with Gasteiger partial charge in [-0.25, -0.2) is 0 Å². The van der Waals surface area contributed by atoms with E-state index in [0.717, 1.165) is 11.3 Å². The van der Waals surface area contributed by atoms with E-state index in [2.05, 4.69) is 13.8 Å². The minimum atomic E-state index is -0.0990. The predicted molar refractivity (Wildman–Crippen MR) is 81.5 cm³/mol. The number of ether oxygens (including phenoxy) is 1. The third-order valence-corrected chi connectivity index (χ3v) is 3.24. The molecule has 0 saturated carbocycles. The number of nitriles is 1. The van der Waals surface area contributed by atoms with Crippen molar-refractivity contribution in [2.45, 2.75) is 19.8 Å². The Labute approximate surface area is 124 Å². The molecule has 0 atom stereocenters. The molecule has 0 fully saturated rings. The number of ketones is 1. The average molecular weight is 279 g/mol. The van der Waals surface area contributed by atoms with Crippen molar-refractivity contribution in [2.75, 3.05) is 6.61 Å². The van der Waals surface area contributed by atoms with Gasteiger partial charge < -0.3 is 4.74 Å². The van der Waals surface area contributed by atoms with Gasteiger partial charge in [-0.2, -0.15) is 5.26 Å². The third kappa shape index (κ3) is 3.70. The maximum Gasteiger partial charge on any atom is 0.200 e. The maximum absolute atomic E-state index is 12.1. The lowest BCUT2D eigenvalue weighted by atomic mass is 10.0. The van der Waals surface area contributed by atoms with Crippen molar-refractivity contribution in [3.63, 3.8) is 0 Å². The number of nitrogens with zero attached hydrogens (tertiary/aromatic N) is 1. The Hall–Kier alpha value is -2.60. The van der Waals surface area contributed by atoms with Crippen molar-refractivity contribution in [3.8, 4) is 11.8 Å². The molecular formula is C18H17NO2. The van der Waals surface area contributed by atoms with Gasteiger partial charge >= 0.3 is 0 Å². The molecule has 0 radical (unpaired) electrons. The Balaban J connectivity index is 2.06. The summed E-state index contributed by atoms with van der Waals surface area (Å²) >= 11 is 0. The van der Waals surface area contributed by atoms with Gasteiger partial charge in [0.25, 0.3) is 0 Å². The van der Waals surface area contributed by atoms with Crippen molar-refractivity contribution in [1.29, 1.82) is 5.26 Å². The molecule has 21 heavy (non-hydrogen) atoms. The number of Topliss-reactive ketones (excluding diaryl/α,β-unsaturated/α-hetero) is 1. The number of para-hydroxylation sites is 1. The molecule has 106 valence electrons. The van der Waals surface area contributed by atoms with E-state index in [4.69, 9.17) is 10.00 Å². The van der Waals surface area contributed by atoms with Crippen molar-refractivity contribution >= 4 is 5.78 Å². The van der Waals surface area contributed by atoms with E-state index in [1.54, 1.807) is 24.3 Å². The summed E-state index contributed by atoms with van der Waals surface area (Å²) < 4.78 is 5.66. The van der Waals surface area contributed by atoms with Gasteiger partial charge in [0.15, 0.2) is 12.4 Å². The summed E-state index contributed by atoms with van der Waals surface area (Å²) in [4.78, 5) is 12.1. The van der Waals surface area contributed by atoms with Crippen LogP contribution in [0.1, 0.15) is 41.3 Å². The summed E-state index contributed by atoms with van der Waals surface area (Å²) in [6.07, 6.45) is 0. The zero-order valence-corrected chi connectivity index (χ0v) is 12.2. The molecule has 3 heteroatoms. The molecule has 0 aliphatic carbocycles. The highest BCUT2D eigenvalue weighted by molar-refractivity contribution is 5.97. The average Bonchev–Trinajstić information content (AvgIpc) is 2.52. The number of carbonyl (C=O) groups excluding carboxylic acids is 1. The van der Waals surface area contributed by atoms with Crippen molar-refractivity contribution in [2.24, 2.45) is 0 Å². The van der Waals surface area contributed by atoms with Crippen molar-refractivity contribution in [1.82, 2.24) is 0 Å². The molecule has 0 heterocycles. The van der Waals surface area contributed by atoms with Gasteiger partial charge in [0.05, 0.1) is 11.6 Å². The van der Waals surface area contributed by atoms with E-state index in [9.17, 15) is 4.79 Å². The molecule has 0 aromatic heterocycles. The molecule has 0 spiro atoms. The third-order valence-electron chi connectivity index (χ3n) is 3.24. The first-order chi connectivity index (χ1) is 10.1. The lowest BCUT2D eigenvalue weighted by molar-refractivity contribution is 0.0920. The second-order valence-electron chi connectivity index (χ2n) is 5.09. The van der Waals surface area contributed by atoms with Crippen LogP contribution in [-0.2, 0) is 0 Å². The van der Waals surface area contributed by atoms with Crippen LogP contribution < -0.4 is 4.74 Å². The summed E-state index contributed by atoms with van der Waals surface area (Å²) in [5.74, 6) is 0.985. The van der Waals surface area contributed by atoms with Gasteiger partial charge in [0.2, 0.25) is 0 Å². The van der Waals surface area contributed by atoms with Crippen LogP contribution in [0.25, 0.3) is 0 Å². The SMILES string of the molecule is CC(C)c1ccccc1OCC(=O)c1ccc(C#N)cc1. The first kappa shape index (κ1) is 14.8. The van der Waals surface area contributed by atoms with Crippen LogP contribution in [0.5, 0.6) is 5.75 Å². The van der Waals surface area contributed by atoms with Crippen LogP contribution >= 0.6 is 0 Å². The monoisotopic (exact) mass is 279 g/mol. The fraction of sp³-hybridized carbons (Fsp3) is 0.222. The lowest BCUT2D eigenvalue weighted by Crippen LogP contribution is -2.12.